The van der Waals surface area contributed by atoms with Gasteiger partial charge in [0.05, 0.1) is 0 Å². The van der Waals surface area contributed by atoms with E-state index >= 15 is 0 Å². The number of nitrogens with zero attached hydrogens (tertiary/aromatic N) is 1. The van der Waals surface area contributed by atoms with Crippen LogP contribution in [-0.4, -0.2) is 48.8 Å². The number of hydrogen-bond acceptors (Lipinski definition) is 3. The highest BCUT2D eigenvalue weighted by Crippen LogP contribution is 2.25. The zero-order chi connectivity index (χ0) is 14.8. The Balaban J connectivity index is 1.99. The Morgan fingerprint density at radius 1 is 1.25 bits per heavy atom. The van der Waals surface area contributed by atoms with Crippen molar-refractivity contribution in [2.24, 2.45) is 11.8 Å². The summed E-state index contributed by atoms with van der Waals surface area (Å²) >= 11 is 0. The van der Waals surface area contributed by atoms with Crippen LogP contribution in [0.3, 0.4) is 0 Å². The molecule has 0 bridgehead atoms. The molecular weight excluding hydrogens is 248 g/mol. The van der Waals surface area contributed by atoms with Gasteiger partial charge < -0.3 is 15.3 Å². The minimum absolute atomic E-state index is 0.361. The lowest BCUT2D eigenvalue weighted by Gasteiger charge is -2.37. The number of hydrogen-bond donors (Lipinski definition) is 2. The summed E-state index contributed by atoms with van der Waals surface area (Å²) in [6, 6.07) is 0.703. The summed E-state index contributed by atoms with van der Waals surface area (Å²) < 4.78 is 0. The van der Waals surface area contributed by atoms with Gasteiger partial charge in [-0.05, 0) is 83.5 Å². The molecule has 0 saturated carbocycles. The first-order valence-corrected chi connectivity index (χ1v) is 8.69. The standard InChI is InChI=1S/C17H36N2O/c1-15(2)6-10-18-9-4-5-11-19-12-7-17(8-13-20)14-16(19)3/h15-18,20H,4-14H2,1-3H3. The predicted octanol–water partition coefficient (Wildman–Crippen LogP) is 2.89. The Hall–Kier alpha value is -0.120. The van der Waals surface area contributed by atoms with Crippen LogP contribution in [0.4, 0.5) is 0 Å². The van der Waals surface area contributed by atoms with Crippen LogP contribution in [0.25, 0.3) is 0 Å². The average Bonchev–Trinajstić information content (AvgIpc) is 2.40. The molecule has 0 radical (unpaired) electrons. The number of piperidine rings is 1. The molecule has 0 aliphatic carbocycles. The number of unbranched alkanes of at least 4 members (excludes halogenated alkanes) is 1. The first kappa shape index (κ1) is 17.9. The predicted molar refractivity (Wildman–Crippen MR) is 87.0 cm³/mol. The van der Waals surface area contributed by atoms with E-state index in [2.05, 4.69) is 31.0 Å². The van der Waals surface area contributed by atoms with Crippen molar-refractivity contribution in [3.05, 3.63) is 0 Å². The summed E-state index contributed by atoms with van der Waals surface area (Å²) in [4.78, 5) is 2.64. The van der Waals surface area contributed by atoms with Gasteiger partial charge in [0.2, 0.25) is 0 Å². The van der Waals surface area contributed by atoms with Crippen molar-refractivity contribution < 1.29 is 5.11 Å². The molecule has 2 unspecified atom stereocenters. The largest absolute Gasteiger partial charge is 0.396 e. The lowest BCUT2D eigenvalue weighted by molar-refractivity contribution is 0.107. The number of aliphatic hydroxyl groups excluding tert-OH is 1. The van der Waals surface area contributed by atoms with Crippen LogP contribution in [0.1, 0.15) is 59.3 Å². The number of likely N-dealkylation sites (tertiary alicyclic amines) is 1. The van der Waals surface area contributed by atoms with Gasteiger partial charge in [0.15, 0.2) is 0 Å². The zero-order valence-corrected chi connectivity index (χ0v) is 13.9. The Kier molecular flexibility index (Phi) is 9.49. The number of nitrogens with one attached hydrogen (secondary N) is 1. The maximum atomic E-state index is 9.03. The summed E-state index contributed by atoms with van der Waals surface area (Å²) in [7, 11) is 0. The van der Waals surface area contributed by atoms with Gasteiger partial charge in [-0.15, -0.1) is 0 Å². The van der Waals surface area contributed by atoms with Crippen LogP contribution < -0.4 is 5.32 Å². The van der Waals surface area contributed by atoms with Crippen molar-refractivity contribution in [1.29, 1.82) is 0 Å². The Bertz CT molecular complexity index is 233. The molecule has 1 fully saturated rings. The van der Waals surface area contributed by atoms with Crippen molar-refractivity contribution in [1.82, 2.24) is 10.2 Å². The van der Waals surface area contributed by atoms with E-state index in [0.29, 0.717) is 12.6 Å². The summed E-state index contributed by atoms with van der Waals surface area (Å²) in [5.74, 6) is 1.56. The van der Waals surface area contributed by atoms with E-state index in [1.165, 1.54) is 58.3 Å². The SMILES string of the molecule is CC(C)CCNCCCCN1CCC(CCO)CC1C. The molecule has 1 saturated heterocycles. The highest BCUT2D eigenvalue weighted by atomic mass is 16.3. The smallest absolute Gasteiger partial charge is 0.0433 e. The topological polar surface area (TPSA) is 35.5 Å². The second-order valence-corrected chi connectivity index (χ2v) is 6.93. The molecule has 0 aromatic rings. The van der Waals surface area contributed by atoms with Crippen LogP contribution >= 0.6 is 0 Å². The zero-order valence-electron chi connectivity index (χ0n) is 13.9. The highest BCUT2D eigenvalue weighted by molar-refractivity contribution is 4.78. The van der Waals surface area contributed by atoms with E-state index < -0.39 is 0 Å². The third-order valence-corrected chi connectivity index (χ3v) is 4.61. The molecule has 120 valence electrons. The lowest BCUT2D eigenvalue weighted by atomic mass is 9.89. The quantitative estimate of drug-likeness (QED) is 0.606. The van der Waals surface area contributed by atoms with Gasteiger partial charge in [-0.3, -0.25) is 0 Å². The number of rotatable bonds is 10. The van der Waals surface area contributed by atoms with Crippen molar-refractivity contribution in [3.63, 3.8) is 0 Å². The molecule has 0 aromatic carbocycles. The Morgan fingerprint density at radius 3 is 2.70 bits per heavy atom. The fraction of sp³-hybridized carbons (Fsp3) is 1.00. The van der Waals surface area contributed by atoms with Gasteiger partial charge in [0.1, 0.15) is 0 Å². The maximum Gasteiger partial charge on any atom is 0.0433 e. The highest BCUT2D eigenvalue weighted by Gasteiger charge is 2.24. The van der Waals surface area contributed by atoms with Crippen molar-refractivity contribution in [3.8, 4) is 0 Å². The van der Waals surface area contributed by atoms with Gasteiger partial charge in [0.25, 0.3) is 0 Å². The molecule has 1 heterocycles. The normalized spacial score (nSPS) is 24.4. The first-order chi connectivity index (χ1) is 9.63. The molecular formula is C17H36N2O. The minimum atomic E-state index is 0.361. The summed E-state index contributed by atoms with van der Waals surface area (Å²) in [6.07, 6.45) is 7.43. The summed E-state index contributed by atoms with van der Waals surface area (Å²) in [5.41, 5.74) is 0. The van der Waals surface area contributed by atoms with Crippen LogP contribution in [-0.2, 0) is 0 Å². The van der Waals surface area contributed by atoms with Crippen LogP contribution in [0.2, 0.25) is 0 Å². The van der Waals surface area contributed by atoms with E-state index in [1.54, 1.807) is 0 Å². The molecule has 0 amide bonds. The number of aliphatic hydroxyl groups is 1. The fourth-order valence-corrected chi connectivity index (χ4v) is 3.18. The Morgan fingerprint density at radius 2 is 2.05 bits per heavy atom. The lowest BCUT2D eigenvalue weighted by Crippen LogP contribution is -2.41. The second-order valence-electron chi connectivity index (χ2n) is 6.93. The van der Waals surface area contributed by atoms with E-state index in [-0.39, 0.29) is 0 Å². The average molecular weight is 284 g/mol. The third-order valence-electron chi connectivity index (χ3n) is 4.61. The van der Waals surface area contributed by atoms with Crippen molar-refractivity contribution in [2.45, 2.75) is 65.3 Å². The van der Waals surface area contributed by atoms with E-state index in [4.69, 9.17) is 5.11 Å². The van der Waals surface area contributed by atoms with Crippen molar-refractivity contribution in [2.75, 3.05) is 32.8 Å². The molecule has 0 spiro atoms. The molecule has 1 aliphatic rings. The molecule has 2 atom stereocenters. The van der Waals surface area contributed by atoms with Gasteiger partial charge >= 0.3 is 0 Å². The summed E-state index contributed by atoms with van der Waals surface area (Å²) in [6.45, 7) is 12.1. The molecule has 0 aromatic heterocycles. The van der Waals surface area contributed by atoms with Gasteiger partial charge in [-0.1, -0.05) is 13.8 Å². The second kappa shape index (κ2) is 10.6. The van der Waals surface area contributed by atoms with Crippen molar-refractivity contribution >= 4 is 0 Å². The van der Waals surface area contributed by atoms with E-state index in [9.17, 15) is 0 Å². The van der Waals surface area contributed by atoms with Crippen LogP contribution in [0.15, 0.2) is 0 Å². The fourth-order valence-electron chi connectivity index (χ4n) is 3.18. The van der Waals surface area contributed by atoms with Gasteiger partial charge in [-0.2, -0.15) is 0 Å². The summed E-state index contributed by atoms with van der Waals surface area (Å²) in [5, 5.41) is 12.6. The monoisotopic (exact) mass is 284 g/mol. The Labute approximate surface area is 126 Å². The molecule has 3 nitrogen and oxygen atoms in total. The maximum absolute atomic E-state index is 9.03. The third kappa shape index (κ3) is 7.61. The molecule has 1 aliphatic heterocycles. The molecule has 2 N–H and O–H groups in total. The van der Waals surface area contributed by atoms with Gasteiger partial charge in [0, 0.05) is 12.6 Å². The molecule has 3 heteroatoms. The molecule has 1 rings (SSSR count). The van der Waals surface area contributed by atoms with E-state index in [0.717, 1.165) is 18.3 Å². The van der Waals surface area contributed by atoms with Crippen LogP contribution in [0.5, 0.6) is 0 Å². The minimum Gasteiger partial charge on any atom is -0.396 e. The van der Waals surface area contributed by atoms with E-state index in [1.807, 2.05) is 0 Å². The van der Waals surface area contributed by atoms with Gasteiger partial charge in [-0.25, -0.2) is 0 Å². The van der Waals surface area contributed by atoms with Crippen LogP contribution in [0, 0.1) is 11.8 Å². The molecule has 20 heavy (non-hydrogen) atoms. The first-order valence-electron chi connectivity index (χ1n) is 8.69.